The second kappa shape index (κ2) is 8.47. The third kappa shape index (κ3) is 3.90. The summed E-state index contributed by atoms with van der Waals surface area (Å²) in [7, 11) is 0. The van der Waals surface area contributed by atoms with Gasteiger partial charge in [0.25, 0.3) is 0 Å². The molecule has 2 fully saturated rings. The first-order valence-corrected chi connectivity index (χ1v) is 11.2. The molecule has 5 rings (SSSR count). The Bertz CT molecular complexity index is 1110. The highest BCUT2D eigenvalue weighted by atomic mass is 35.5. The monoisotopic (exact) mass is 473 g/mol. The Balaban J connectivity index is 1.21. The average molecular weight is 474 g/mol. The molecule has 2 aromatic heterocycles. The number of cyclic esters (lactones) is 1. The zero-order valence-corrected chi connectivity index (χ0v) is 18.9. The number of halogens is 1. The van der Waals surface area contributed by atoms with Gasteiger partial charge in [0.2, 0.25) is 5.91 Å². The van der Waals surface area contributed by atoms with Gasteiger partial charge in [0.1, 0.15) is 18.0 Å². The second-order valence-corrected chi connectivity index (χ2v) is 9.12. The number of hydrogen-bond acceptors (Lipinski definition) is 9. The number of amides is 1. The number of aryl methyl sites for hydroxylation is 1. The van der Waals surface area contributed by atoms with E-state index in [1.165, 1.54) is 11.0 Å². The molecule has 1 amide bonds. The van der Waals surface area contributed by atoms with Gasteiger partial charge in [-0.3, -0.25) is 4.79 Å². The topological polar surface area (TPSA) is 127 Å². The molecule has 1 atom stereocenters. The molecule has 0 unspecified atom stereocenters. The summed E-state index contributed by atoms with van der Waals surface area (Å²) in [6.45, 7) is 4.31. The molecule has 0 bridgehead atoms. The van der Waals surface area contributed by atoms with E-state index in [-0.39, 0.29) is 17.5 Å². The number of carbonyl (C=O) groups is 2. The first-order chi connectivity index (χ1) is 15.9. The zero-order chi connectivity index (χ0) is 23.2. The predicted molar refractivity (Wildman–Crippen MR) is 115 cm³/mol. The quantitative estimate of drug-likeness (QED) is 0.625. The van der Waals surface area contributed by atoms with E-state index in [4.69, 9.17) is 16.3 Å². The Morgan fingerprint density at radius 2 is 1.97 bits per heavy atom. The Morgan fingerprint density at radius 1 is 1.21 bits per heavy atom. The third-order valence-electron chi connectivity index (χ3n) is 6.91. The number of aliphatic hydroxyl groups is 1. The summed E-state index contributed by atoms with van der Waals surface area (Å²) >= 11 is 6.05. The van der Waals surface area contributed by atoms with E-state index in [1.54, 1.807) is 11.0 Å². The van der Waals surface area contributed by atoms with Gasteiger partial charge in [0.15, 0.2) is 5.82 Å². The minimum absolute atomic E-state index is 0.0102. The number of tetrazole rings is 1. The SMILES string of the molecule is Cc1nc(-n2cnnn2)ccc1[C@H](O)CN1CCC2(CC1)CCN(C1=C(Cl)C(=O)OC1)C2=O. The third-order valence-corrected chi connectivity index (χ3v) is 7.28. The molecule has 2 aromatic rings. The average Bonchev–Trinajstić information content (AvgIpc) is 3.53. The standard InChI is InChI=1S/C21H24ClN7O4/c1-13-14(2-3-17(24-13)29-12-23-25-26-29)16(30)10-27-7-4-21(5-8-27)6-9-28(20(21)32)15-11-33-19(31)18(15)22/h2-3,12,16,30H,4-11H2,1H3/t16-/m1/s1. The highest BCUT2D eigenvalue weighted by Gasteiger charge is 2.50. The molecule has 5 heterocycles. The molecule has 11 nitrogen and oxygen atoms in total. The van der Waals surface area contributed by atoms with Gasteiger partial charge < -0.3 is 19.6 Å². The molecule has 1 spiro atoms. The Labute approximate surface area is 195 Å². The van der Waals surface area contributed by atoms with E-state index >= 15 is 0 Å². The molecular formula is C21H24ClN7O4. The van der Waals surface area contributed by atoms with Crippen LogP contribution in [0.2, 0.25) is 0 Å². The number of esters is 1. The van der Waals surface area contributed by atoms with Crippen molar-refractivity contribution in [3.63, 3.8) is 0 Å². The number of likely N-dealkylation sites (tertiary alicyclic amines) is 2. The van der Waals surface area contributed by atoms with E-state index in [9.17, 15) is 14.7 Å². The molecule has 12 heteroatoms. The summed E-state index contributed by atoms with van der Waals surface area (Å²) in [6, 6.07) is 3.62. The molecule has 1 N–H and O–H groups in total. The van der Waals surface area contributed by atoms with Crippen molar-refractivity contribution in [1.29, 1.82) is 0 Å². The first-order valence-electron chi connectivity index (χ1n) is 10.9. The first kappa shape index (κ1) is 21.9. The van der Waals surface area contributed by atoms with Crippen LogP contribution in [-0.2, 0) is 14.3 Å². The molecule has 3 aliphatic heterocycles. The number of nitrogens with zero attached hydrogens (tertiary/aromatic N) is 7. The number of hydrogen-bond donors (Lipinski definition) is 1. The highest BCUT2D eigenvalue weighted by Crippen LogP contribution is 2.44. The van der Waals surface area contributed by atoms with Gasteiger partial charge >= 0.3 is 5.97 Å². The molecule has 174 valence electrons. The lowest BCUT2D eigenvalue weighted by Gasteiger charge is -2.38. The van der Waals surface area contributed by atoms with Crippen LogP contribution in [0, 0.1) is 12.3 Å². The van der Waals surface area contributed by atoms with Crippen LogP contribution in [0.3, 0.4) is 0 Å². The van der Waals surface area contributed by atoms with Crippen molar-refractivity contribution in [2.75, 3.05) is 32.8 Å². The van der Waals surface area contributed by atoms with Crippen molar-refractivity contribution < 1.29 is 19.4 Å². The predicted octanol–water partition coefficient (Wildman–Crippen LogP) is 0.721. The van der Waals surface area contributed by atoms with Crippen LogP contribution >= 0.6 is 11.6 Å². The van der Waals surface area contributed by atoms with E-state index in [0.29, 0.717) is 56.2 Å². The van der Waals surface area contributed by atoms with Gasteiger partial charge in [-0.25, -0.2) is 9.78 Å². The number of aliphatic hydroxyl groups excluding tert-OH is 1. The number of pyridine rings is 1. The van der Waals surface area contributed by atoms with Crippen LogP contribution in [0.15, 0.2) is 29.2 Å². The molecule has 33 heavy (non-hydrogen) atoms. The van der Waals surface area contributed by atoms with Crippen molar-refractivity contribution in [2.45, 2.75) is 32.3 Å². The van der Waals surface area contributed by atoms with E-state index in [1.807, 2.05) is 13.0 Å². The van der Waals surface area contributed by atoms with E-state index in [2.05, 4.69) is 25.4 Å². The number of piperidine rings is 1. The summed E-state index contributed by atoms with van der Waals surface area (Å²) in [5, 5.41) is 21.9. The summed E-state index contributed by atoms with van der Waals surface area (Å²) in [5.74, 6) is 0.0367. The maximum atomic E-state index is 13.2. The largest absolute Gasteiger partial charge is 0.455 e. The van der Waals surface area contributed by atoms with Crippen LogP contribution in [0.25, 0.3) is 5.82 Å². The van der Waals surface area contributed by atoms with E-state index < -0.39 is 17.5 Å². The van der Waals surface area contributed by atoms with Gasteiger partial charge in [0.05, 0.1) is 17.2 Å². The lowest BCUT2D eigenvalue weighted by molar-refractivity contribution is -0.138. The number of rotatable bonds is 5. The lowest BCUT2D eigenvalue weighted by Crippen LogP contribution is -2.45. The van der Waals surface area contributed by atoms with Crippen LogP contribution < -0.4 is 0 Å². The number of aromatic nitrogens is 5. The molecule has 0 radical (unpaired) electrons. The summed E-state index contributed by atoms with van der Waals surface area (Å²) in [6.07, 6.45) is 2.89. The Kier molecular flexibility index (Phi) is 5.63. The zero-order valence-electron chi connectivity index (χ0n) is 18.1. The second-order valence-electron chi connectivity index (χ2n) is 8.74. The van der Waals surface area contributed by atoms with Crippen molar-refractivity contribution in [3.05, 3.63) is 40.4 Å². The van der Waals surface area contributed by atoms with Gasteiger partial charge in [-0.05, 0) is 55.8 Å². The summed E-state index contributed by atoms with van der Waals surface area (Å²) in [4.78, 5) is 33.1. The fourth-order valence-electron chi connectivity index (χ4n) is 4.93. The van der Waals surface area contributed by atoms with Crippen LogP contribution in [-0.4, -0.2) is 84.8 Å². The Morgan fingerprint density at radius 3 is 2.61 bits per heavy atom. The van der Waals surface area contributed by atoms with Gasteiger partial charge in [0, 0.05) is 24.3 Å². The smallest absolute Gasteiger partial charge is 0.352 e. The Hall–Kier alpha value is -2.89. The van der Waals surface area contributed by atoms with Crippen molar-refractivity contribution in [3.8, 4) is 5.82 Å². The fourth-order valence-corrected chi connectivity index (χ4v) is 5.14. The number of carbonyl (C=O) groups excluding carboxylic acids is 2. The van der Waals surface area contributed by atoms with E-state index in [0.717, 1.165) is 12.0 Å². The fraction of sp³-hybridized carbons (Fsp3) is 0.524. The van der Waals surface area contributed by atoms with Crippen molar-refractivity contribution in [2.24, 2.45) is 5.41 Å². The molecule has 0 aliphatic carbocycles. The highest BCUT2D eigenvalue weighted by molar-refractivity contribution is 6.42. The molecule has 0 saturated carbocycles. The minimum atomic E-state index is -0.698. The van der Waals surface area contributed by atoms with Gasteiger partial charge in [-0.1, -0.05) is 17.7 Å². The van der Waals surface area contributed by atoms with Crippen LogP contribution in [0.5, 0.6) is 0 Å². The van der Waals surface area contributed by atoms with Crippen molar-refractivity contribution >= 4 is 23.5 Å². The molecule has 2 saturated heterocycles. The van der Waals surface area contributed by atoms with Crippen LogP contribution in [0.4, 0.5) is 0 Å². The molecular weight excluding hydrogens is 450 g/mol. The normalized spacial score (nSPS) is 21.8. The van der Waals surface area contributed by atoms with Gasteiger partial charge in [-0.2, -0.15) is 4.68 Å². The van der Waals surface area contributed by atoms with Crippen LogP contribution in [0.1, 0.15) is 36.6 Å². The maximum Gasteiger partial charge on any atom is 0.352 e. The number of ether oxygens (including phenoxy) is 1. The molecule has 3 aliphatic rings. The van der Waals surface area contributed by atoms with Crippen molar-refractivity contribution in [1.82, 2.24) is 35.0 Å². The van der Waals surface area contributed by atoms with Gasteiger partial charge in [-0.15, -0.1) is 5.10 Å². The minimum Gasteiger partial charge on any atom is -0.455 e. The summed E-state index contributed by atoms with van der Waals surface area (Å²) < 4.78 is 6.43. The maximum absolute atomic E-state index is 13.2. The number of β-amino-alcohol motifs (C(OH)–C–C–N with tert-alkyl or cyclic N) is 1. The lowest BCUT2D eigenvalue weighted by atomic mass is 9.77. The summed E-state index contributed by atoms with van der Waals surface area (Å²) in [5.41, 5.74) is 1.50. The molecule has 0 aromatic carbocycles.